The highest BCUT2D eigenvalue weighted by Crippen LogP contribution is 2.42. The lowest BCUT2D eigenvalue weighted by Crippen LogP contribution is -2.56. The van der Waals surface area contributed by atoms with Crippen molar-refractivity contribution in [3.63, 3.8) is 0 Å². The minimum Gasteiger partial charge on any atom is -0.424 e. The predicted octanol–water partition coefficient (Wildman–Crippen LogP) is 3.69. The topological polar surface area (TPSA) is 84.4 Å². The zero-order valence-corrected chi connectivity index (χ0v) is 17.9. The highest BCUT2D eigenvalue weighted by molar-refractivity contribution is 5.95. The standard InChI is InChI=1S/C25H23FN4O3/c26-19-9-7-17(8-10-19)21-15-30(16-25(21)11-2-6-22(31)29-25)23(32)18-4-1-5-20(14-18)33-24-27-12-3-13-28-24/h1,3-5,7-10,12-14,21H,2,6,11,15-16H2,(H,29,31)/t21-,25+/m0/s1. The number of amides is 2. The quantitative estimate of drug-likeness (QED) is 0.661. The predicted molar refractivity (Wildman–Crippen MR) is 118 cm³/mol. The van der Waals surface area contributed by atoms with Crippen molar-refractivity contribution in [1.29, 1.82) is 0 Å². The van der Waals surface area contributed by atoms with E-state index in [9.17, 15) is 14.0 Å². The molecule has 3 heterocycles. The molecule has 168 valence electrons. The highest BCUT2D eigenvalue weighted by atomic mass is 19.1. The van der Waals surface area contributed by atoms with Crippen LogP contribution in [0, 0.1) is 5.82 Å². The first kappa shape index (κ1) is 21.1. The molecule has 2 amide bonds. The van der Waals surface area contributed by atoms with Crippen LogP contribution in [-0.2, 0) is 4.79 Å². The van der Waals surface area contributed by atoms with E-state index in [1.807, 2.05) is 0 Å². The fraction of sp³-hybridized carbons (Fsp3) is 0.280. The van der Waals surface area contributed by atoms with Gasteiger partial charge in [-0.25, -0.2) is 14.4 Å². The SMILES string of the molecule is O=C1CCC[C@]2(CN(C(=O)c3cccc(Oc4ncccn4)c3)C[C@H]2c2ccc(F)cc2)N1. The summed E-state index contributed by atoms with van der Waals surface area (Å²) in [4.78, 5) is 35.6. The minimum atomic E-state index is -0.561. The fourth-order valence-electron chi connectivity index (χ4n) is 4.85. The molecule has 0 bridgehead atoms. The Hall–Kier alpha value is -3.81. The molecule has 1 N–H and O–H groups in total. The molecule has 0 radical (unpaired) electrons. The number of nitrogens with zero attached hydrogens (tertiary/aromatic N) is 3. The third-order valence-corrected chi connectivity index (χ3v) is 6.35. The fourth-order valence-corrected chi connectivity index (χ4v) is 4.85. The van der Waals surface area contributed by atoms with Crippen LogP contribution in [0.5, 0.6) is 11.8 Å². The maximum absolute atomic E-state index is 13.5. The minimum absolute atomic E-state index is 0.0130. The average molecular weight is 446 g/mol. The first-order valence-corrected chi connectivity index (χ1v) is 10.9. The van der Waals surface area contributed by atoms with Crippen molar-refractivity contribution in [3.8, 4) is 11.8 Å². The average Bonchev–Trinajstić information content (AvgIpc) is 3.18. The Morgan fingerprint density at radius 3 is 2.67 bits per heavy atom. The van der Waals surface area contributed by atoms with E-state index in [0.717, 1.165) is 18.4 Å². The Morgan fingerprint density at radius 2 is 1.91 bits per heavy atom. The molecule has 2 aliphatic heterocycles. The summed E-state index contributed by atoms with van der Waals surface area (Å²) < 4.78 is 19.2. The molecule has 5 rings (SSSR count). The summed E-state index contributed by atoms with van der Waals surface area (Å²) in [5.74, 6) is -0.143. The van der Waals surface area contributed by atoms with Gasteiger partial charge >= 0.3 is 6.01 Å². The van der Waals surface area contributed by atoms with Crippen LogP contribution in [0.25, 0.3) is 0 Å². The van der Waals surface area contributed by atoms with Gasteiger partial charge < -0.3 is 15.0 Å². The number of carbonyl (C=O) groups is 2. The molecule has 2 saturated heterocycles. The molecule has 2 fully saturated rings. The van der Waals surface area contributed by atoms with Crippen LogP contribution in [0.4, 0.5) is 4.39 Å². The second kappa shape index (κ2) is 8.61. The van der Waals surface area contributed by atoms with Gasteiger partial charge in [-0.3, -0.25) is 9.59 Å². The Labute approximate surface area is 190 Å². The molecule has 2 aromatic carbocycles. The summed E-state index contributed by atoms with van der Waals surface area (Å²) in [5, 5.41) is 3.17. The zero-order valence-electron chi connectivity index (χ0n) is 17.9. The molecule has 33 heavy (non-hydrogen) atoms. The van der Waals surface area contributed by atoms with E-state index >= 15 is 0 Å². The Balaban J connectivity index is 1.41. The van der Waals surface area contributed by atoms with Crippen LogP contribution in [0.3, 0.4) is 0 Å². The lowest BCUT2D eigenvalue weighted by molar-refractivity contribution is -0.125. The van der Waals surface area contributed by atoms with E-state index in [-0.39, 0.29) is 29.6 Å². The second-order valence-electron chi connectivity index (χ2n) is 8.51. The third kappa shape index (κ3) is 4.28. The monoisotopic (exact) mass is 446 g/mol. The lowest BCUT2D eigenvalue weighted by atomic mass is 9.76. The second-order valence-corrected chi connectivity index (χ2v) is 8.51. The molecule has 7 nitrogen and oxygen atoms in total. The highest BCUT2D eigenvalue weighted by Gasteiger charge is 2.50. The van der Waals surface area contributed by atoms with E-state index in [0.29, 0.717) is 30.8 Å². The van der Waals surface area contributed by atoms with Crippen molar-refractivity contribution in [2.75, 3.05) is 13.1 Å². The summed E-state index contributed by atoms with van der Waals surface area (Å²) in [6, 6.07) is 15.1. The van der Waals surface area contributed by atoms with Crippen LogP contribution < -0.4 is 10.1 Å². The smallest absolute Gasteiger partial charge is 0.321 e. The number of piperidine rings is 1. The number of hydrogen-bond donors (Lipinski definition) is 1. The number of halogens is 1. The third-order valence-electron chi connectivity index (χ3n) is 6.35. The first-order valence-electron chi connectivity index (χ1n) is 10.9. The first-order chi connectivity index (χ1) is 16.0. The van der Waals surface area contributed by atoms with Gasteiger partial charge in [-0.05, 0) is 54.8 Å². The summed E-state index contributed by atoms with van der Waals surface area (Å²) in [6.45, 7) is 0.824. The lowest BCUT2D eigenvalue weighted by Gasteiger charge is -2.39. The van der Waals surface area contributed by atoms with Crippen molar-refractivity contribution < 1.29 is 18.7 Å². The van der Waals surface area contributed by atoms with Crippen LogP contribution in [0.1, 0.15) is 41.1 Å². The molecule has 2 atom stereocenters. The molecular weight excluding hydrogens is 423 g/mol. The molecule has 0 unspecified atom stereocenters. The van der Waals surface area contributed by atoms with Gasteiger partial charge in [0, 0.05) is 43.4 Å². The molecule has 1 aromatic heterocycles. The Kier molecular flexibility index (Phi) is 5.50. The molecule has 0 saturated carbocycles. The van der Waals surface area contributed by atoms with Crippen molar-refractivity contribution >= 4 is 11.8 Å². The van der Waals surface area contributed by atoms with Crippen LogP contribution in [0.2, 0.25) is 0 Å². The maximum atomic E-state index is 13.5. The van der Waals surface area contributed by atoms with Crippen molar-refractivity contribution in [2.45, 2.75) is 30.7 Å². The van der Waals surface area contributed by atoms with E-state index in [2.05, 4.69) is 15.3 Å². The van der Waals surface area contributed by atoms with E-state index in [4.69, 9.17) is 4.74 Å². The van der Waals surface area contributed by atoms with Crippen molar-refractivity contribution in [3.05, 3.63) is 83.9 Å². The van der Waals surface area contributed by atoms with Crippen LogP contribution in [0.15, 0.2) is 67.0 Å². The van der Waals surface area contributed by atoms with Gasteiger partial charge in [0.25, 0.3) is 5.91 Å². The molecule has 0 aliphatic carbocycles. The summed E-state index contributed by atoms with van der Waals surface area (Å²) in [5.41, 5.74) is 0.821. The van der Waals surface area contributed by atoms with Gasteiger partial charge in [0.15, 0.2) is 0 Å². The van der Waals surface area contributed by atoms with Gasteiger partial charge in [0.1, 0.15) is 11.6 Å². The summed E-state index contributed by atoms with van der Waals surface area (Å²) >= 11 is 0. The van der Waals surface area contributed by atoms with Gasteiger partial charge in [0.05, 0.1) is 5.54 Å². The summed E-state index contributed by atoms with van der Waals surface area (Å²) in [6.07, 6.45) is 5.15. The number of rotatable bonds is 4. The number of aromatic nitrogens is 2. The van der Waals surface area contributed by atoms with Crippen molar-refractivity contribution in [2.24, 2.45) is 0 Å². The number of hydrogen-bond acceptors (Lipinski definition) is 5. The molecule has 2 aliphatic rings. The van der Waals surface area contributed by atoms with E-state index in [1.54, 1.807) is 59.8 Å². The Bertz CT molecular complexity index is 1170. The molecule has 1 spiro atoms. The zero-order chi connectivity index (χ0) is 22.8. The van der Waals surface area contributed by atoms with Crippen molar-refractivity contribution in [1.82, 2.24) is 20.2 Å². The molecular formula is C25H23FN4O3. The van der Waals surface area contributed by atoms with E-state index in [1.165, 1.54) is 12.1 Å². The number of benzene rings is 2. The number of likely N-dealkylation sites (tertiary alicyclic amines) is 1. The van der Waals surface area contributed by atoms with Gasteiger partial charge in [0.2, 0.25) is 5.91 Å². The van der Waals surface area contributed by atoms with Crippen LogP contribution >= 0.6 is 0 Å². The molecule has 3 aromatic rings. The van der Waals surface area contributed by atoms with Gasteiger partial charge in [-0.1, -0.05) is 18.2 Å². The summed E-state index contributed by atoms with van der Waals surface area (Å²) in [7, 11) is 0. The largest absolute Gasteiger partial charge is 0.424 e. The number of carbonyl (C=O) groups excluding carboxylic acids is 2. The van der Waals surface area contributed by atoms with Gasteiger partial charge in [-0.15, -0.1) is 0 Å². The Morgan fingerprint density at radius 1 is 1.12 bits per heavy atom. The maximum Gasteiger partial charge on any atom is 0.321 e. The van der Waals surface area contributed by atoms with Gasteiger partial charge in [-0.2, -0.15) is 0 Å². The number of nitrogens with one attached hydrogen (secondary N) is 1. The van der Waals surface area contributed by atoms with E-state index < -0.39 is 5.54 Å². The normalized spacial score (nSPS) is 22.3. The number of ether oxygens (including phenoxy) is 1. The molecule has 8 heteroatoms. The van der Waals surface area contributed by atoms with Crippen LogP contribution in [-0.4, -0.2) is 45.3 Å².